The Morgan fingerprint density at radius 2 is 1.07 bits per heavy atom. The maximum atomic E-state index is 5.14. The molecule has 0 aliphatic heterocycles. The molecule has 0 N–H and O–H groups in total. The summed E-state index contributed by atoms with van der Waals surface area (Å²) in [6.45, 7) is 4.66. The number of hydrogen-bond donors (Lipinski definition) is 0. The van der Waals surface area contributed by atoms with Crippen molar-refractivity contribution in [2.45, 2.75) is 19.3 Å². The van der Waals surface area contributed by atoms with Gasteiger partial charge in [0.2, 0.25) is 0 Å². The first-order valence-corrected chi connectivity index (χ1v) is 15.4. The van der Waals surface area contributed by atoms with Crippen LogP contribution in [0.5, 0.6) is 0 Å². The third-order valence-corrected chi connectivity index (χ3v) is 9.01. The molecule has 0 saturated carbocycles. The van der Waals surface area contributed by atoms with Crippen molar-refractivity contribution < 1.29 is 0 Å². The van der Waals surface area contributed by atoms with E-state index in [2.05, 4.69) is 146 Å². The fourth-order valence-electron chi connectivity index (χ4n) is 6.67. The summed E-state index contributed by atoms with van der Waals surface area (Å²) < 4.78 is 0. The molecule has 8 rings (SSSR count). The van der Waals surface area contributed by atoms with Gasteiger partial charge in [0.05, 0.1) is 11.4 Å². The van der Waals surface area contributed by atoms with E-state index in [1.807, 2.05) is 18.3 Å². The standard InChI is InChI=1S/C42H31N3/c1-42(2)36-18-7-6-16-35(36)40-34(17-9-19-37(40)42)31-13-8-14-32(25-31)39-26-38(29-11-4-3-5-12-29)44-41(45-39)30-22-20-28(21-23-30)33-15-10-24-43-27-33/h3-27H,1-2H3. The first-order valence-electron chi connectivity index (χ1n) is 15.4. The molecule has 0 radical (unpaired) electrons. The van der Waals surface area contributed by atoms with Gasteiger partial charge >= 0.3 is 0 Å². The summed E-state index contributed by atoms with van der Waals surface area (Å²) in [4.78, 5) is 14.5. The minimum absolute atomic E-state index is 0.0434. The zero-order valence-electron chi connectivity index (χ0n) is 25.3. The molecule has 2 aromatic heterocycles. The van der Waals surface area contributed by atoms with Crippen molar-refractivity contribution in [2.75, 3.05) is 0 Å². The molecule has 0 atom stereocenters. The minimum atomic E-state index is -0.0434. The summed E-state index contributed by atoms with van der Waals surface area (Å²) in [5.41, 5.74) is 14.9. The maximum absolute atomic E-state index is 5.14. The highest BCUT2D eigenvalue weighted by atomic mass is 14.9. The second-order valence-corrected chi connectivity index (χ2v) is 12.1. The van der Waals surface area contributed by atoms with Crippen LogP contribution in [0.4, 0.5) is 0 Å². The molecule has 0 amide bonds. The fourth-order valence-corrected chi connectivity index (χ4v) is 6.67. The van der Waals surface area contributed by atoms with Gasteiger partial charge in [0, 0.05) is 34.5 Å². The van der Waals surface area contributed by atoms with Gasteiger partial charge in [-0.1, -0.05) is 135 Å². The Labute approximate surface area is 264 Å². The van der Waals surface area contributed by atoms with Crippen LogP contribution in [0.3, 0.4) is 0 Å². The molecule has 214 valence electrons. The van der Waals surface area contributed by atoms with Crippen molar-refractivity contribution in [1.82, 2.24) is 15.0 Å². The summed E-state index contributed by atoms with van der Waals surface area (Å²) in [6, 6.07) is 49.2. The molecule has 5 aromatic carbocycles. The monoisotopic (exact) mass is 577 g/mol. The minimum Gasteiger partial charge on any atom is -0.264 e. The predicted octanol–water partition coefficient (Wildman–Crippen LogP) is 10.5. The Bertz CT molecular complexity index is 2170. The number of nitrogens with zero attached hydrogens (tertiary/aromatic N) is 3. The van der Waals surface area contributed by atoms with Crippen LogP contribution in [-0.2, 0) is 5.41 Å². The van der Waals surface area contributed by atoms with Crippen LogP contribution in [0.15, 0.2) is 152 Å². The van der Waals surface area contributed by atoms with Gasteiger partial charge in [-0.15, -0.1) is 0 Å². The molecule has 7 aromatic rings. The maximum Gasteiger partial charge on any atom is 0.160 e. The SMILES string of the molecule is CC1(C)c2ccccc2-c2c(-c3cccc(-c4cc(-c5ccccc5)nc(-c5ccc(-c6cccnc6)cc5)n4)c3)cccc21. The molecule has 0 bridgehead atoms. The Balaban J connectivity index is 1.25. The summed E-state index contributed by atoms with van der Waals surface area (Å²) >= 11 is 0. The number of benzene rings is 5. The van der Waals surface area contributed by atoms with Crippen LogP contribution in [0.2, 0.25) is 0 Å². The lowest BCUT2D eigenvalue weighted by Crippen LogP contribution is -2.14. The van der Waals surface area contributed by atoms with E-state index < -0.39 is 0 Å². The lowest BCUT2D eigenvalue weighted by molar-refractivity contribution is 0.660. The summed E-state index contributed by atoms with van der Waals surface area (Å²) in [6.07, 6.45) is 3.68. The van der Waals surface area contributed by atoms with Crippen LogP contribution < -0.4 is 0 Å². The third kappa shape index (κ3) is 4.74. The number of rotatable bonds is 5. The normalized spacial score (nSPS) is 12.8. The Morgan fingerprint density at radius 3 is 1.87 bits per heavy atom. The van der Waals surface area contributed by atoms with Crippen molar-refractivity contribution in [1.29, 1.82) is 0 Å². The molecular weight excluding hydrogens is 546 g/mol. The predicted molar refractivity (Wildman–Crippen MR) is 185 cm³/mol. The topological polar surface area (TPSA) is 38.7 Å². The number of hydrogen-bond acceptors (Lipinski definition) is 3. The van der Waals surface area contributed by atoms with Gasteiger partial charge in [-0.25, -0.2) is 9.97 Å². The molecule has 3 nitrogen and oxygen atoms in total. The highest BCUT2D eigenvalue weighted by Crippen LogP contribution is 2.52. The van der Waals surface area contributed by atoms with E-state index >= 15 is 0 Å². The zero-order chi connectivity index (χ0) is 30.4. The average Bonchev–Trinajstić information content (AvgIpc) is 3.35. The number of aromatic nitrogens is 3. The van der Waals surface area contributed by atoms with E-state index in [0.717, 1.165) is 39.2 Å². The van der Waals surface area contributed by atoms with Crippen molar-refractivity contribution in [3.05, 3.63) is 163 Å². The summed E-state index contributed by atoms with van der Waals surface area (Å²) in [5, 5.41) is 0. The molecule has 1 aliphatic carbocycles. The molecule has 0 spiro atoms. The molecular formula is C42H31N3. The molecule has 0 saturated heterocycles. The van der Waals surface area contributed by atoms with Gasteiger partial charge < -0.3 is 0 Å². The molecule has 2 heterocycles. The van der Waals surface area contributed by atoms with Gasteiger partial charge in [-0.3, -0.25) is 4.98 Å². The van der Waals surface area contributed by atoms with Crippen LogP contribution in [0, 0.1) is 0 Å². The van der Waals surface area contributed by atoms with Crippen LogP contribution >= 0.6 is 0 Å². The molecule has 0 unspecified atom stereocenters. The van der Waals surface area contributed by atoms with Crippen LogP contribution in [0.1, 0.15) is 25.0 Å². The van der Waals surface area contributed by atoms with E-state index in [-0.39, 0.29) is 5.41 Å². The zero-order valence-corrected chi connectivity index (χ0v) is 25.3. The Morgan fingerprint density at radius 1 is 0.444 bits per heavy atom. The Hall–Kier alpha value is -5.67. The van der Waals surface area contributed by atoms with Gasteiger partial charge in [0.25, 0.3) is 0 Å². The quantitative estimate of drug-likeness (QED) is 0.204. The fraction of sp³-hybridized carbons (Fsp3) is 0.0714. The summed E-state index contributed by atoms with van der Waals surface area (Å²) in [7, 11) is 0. The van der Waals surface area contributed by atoms with Gasteiger partial charge in [-0.2, -0.15) is 0 Å². The van der Waals surface area contributed by atoms with Gasteiger partial charge in [-0.05, 0) is 62.7 Å². The second kappa shape index (κ2) is 10.8. The van der Waals surface area contributed by atoms with E-state index in [1.165, 1.54) is 33.4 Å². The van der Waals surface area contributed by atoms with E-state index in [1.54, 1.807) is 6.20 Å². The highest BCUT2D eigenvalue weighted by molar-refractivity contribution is 5.93. The highest BCUT2D eigenvalue weighted by Gasteiger charge is 2.36. The number of pyridine rings is 1. The lowest BCUT2D eigenvalue weighted by atomic mass is 9.82. The second-order valence-electron chi connectivity index (χ2n) is 12.1. The van der Waals surface area contributed by atoms with Crippen molar-refractivity contribution in [2.24, 2.45) is 0 Å². The van der Waals surface area contributed by atoms with Gasteiger partial charge in [0.15, 0.2) is 5.82 Å². The van der Waals surface area contributed by atoms with Crippen molar-refractivity contribution >= 4 is 0 Å². The van der Waals surface area contributed by atoms with E-state index in [0.29, 0.717) is 5.82 Å². The Kier molecular flexibility index (Phi) is 6.46. The molecule has 45 heavy (non-hydrogen) atoms. The van der Waals surface area contributed by atoms with Crippen LogP contribution in [-0.4, -0.2) is 15.0 Å². The summed E-state index contributed by atoms with van der Waals surface area (Å²) in [5.74, 6) is 0.700. The van der Waals surface area contributed by atoms with Crippen LogP contribution in [0.25, 0.3) is 67.3 Å². The molecule has 1 aliphatic rings. The number of fused-ring (bicyclic) bond motifs is 3. The first kappa shape index (κ1) is 26.9. The first-order chi connectivity index (χ1) is 22.1. The molecule has 0 fully saturated rings. The smallest absolute Gasteiger partial charge is 0.160 e. The van der Waals surface area contributed by atoms with Gasteiger partial charge in [0.1, 0.15) is 0 Å². The third-order valence-electron chi connectivity index (χ3n) is 9.01. The largest absolute Gasteiger partial charge is 0.264 e. The van der Waals surface area contributed by atoms with E-state index in [4.69, 9.17) is 9.97 Å². The average molecular weight is 578 g/mol. The lowest BCUT2D eigenvalue weighted by Gasteiger charge is -2.21. The van der Waals surface area contributed by atoms with Crippen molar-refractivity contribution in [3.63, 3.8) is 0 Å². The van der Waals surface area contributed by atoms with Crippen molar-refractivity contribution in [3.8, 4) is 67.3 Å². The molecule has 3 heteroatoms. The van der Waals surface area contributed by atoms with E-state index in [9.17, 15) is 0 Å².